The van der Waals surface area contributed by atoms with Gasteiger partial charge >= 0.3 is 12.1 Å². The first-order valence-electron chi connectivity index (χ1n) is 4.96. The molecular weight excluding hydrogens is 344 g/mol. The van der Waals surface area contributed by atoms with E-state index in [1.54, 1.807) is 0 Å². The number of halogens is 5. The number of carbonyl (C=O) groups is 1. The monoisotopic (exact) mass is 350 g/mol. The van der Waals surface area contributed by atoms with Gasteiger partial charge in [-0.25, -0.2) is 13.2 Å². The molecule has 0 atom stereocenters. The minimum Gasteiger partial charge on any atom is -0.478 e. The van der Waals surface area contributed by atoms with Crippen LogP contribution in [0.25, 0.3) is 0 Å². The third-order valence-electron chi connectivity index (χ3n) is 2.22. The Morgan fingerprint density at radius 2 is 1.80 bits per heavy atom. The summed E-state index contributed by atoms with van der Waals surface area (Å²) in [4.78, 5) is 10.1. The molecule has 0 aliphatic rings. The van der Waals surface area contributed by atoms with Crippen molar-refractivity contribution in [3.8, 4) is 0 Å². The number of sulfone groups is 1. The summed E-state index contributed by atoms with van der Waals surface area (Å²) in [6.07, 6.45) is -6.23. The SMILES string of the molecule is O=C(O)c1cc(Cl)cc(S(=O)(=O)CCC(F)(F)F)c1Cl. The Balaban J connectivity index is 3.29. The van der Waals surface area contributed by atoms with Crippen LogP contribution in [-0.4, -0.2) is 31.4 Å². The summed E-state index contributed by atoms with van der Waals surface area (Å²) in [5, 5.41) is 7.91. The number of rotatable bonds is 4. The number of carboxylic acids is 1. The number of benzene rings is 1. The highest BCUT2D eigenvalue weighted by Crippen LogP contribution is 2.31. The molecule has 0 aromatic heterocycles. The second-order valence-electron chi connectivity index (χ2n) is 3.75. The average Bonchev–Trinajstić information content (AvgIpc) is 2.28. The lowest BCUT2D eigenvalue weighted by Crippen LogP contribution is -2.17. The first kappa shape index (κ1) is 17.1. The van der Waals surface area contributed by atoms with Crippen molar-refractivity contribution in [1.29, 1.82) is 0 Å². The first-order chi connectivity index (χ1) is 8.94. The van der Waals surface area contributed by atoms with Gasteiger partial charge in [-0.05, 0) is 12.1 Å². The number of carboxylic acid groups (broad SMARTS) is 1. The van der Waals surface area contributed by atoms with Crippen molar-refractivity contribution in [2.24, 2.45) is 0 Å². The molecule has 1 aromatic carbocycles. The molecule has 0 heterocycles. The minimum atomic E-state index is -4.66. The van der Waals surface area contributed by atoms with E-state index in [1.807, 2.05) is 0 Å². The van der Waals surface area contributed by atoms with Gasteiger partial charge in [-0.15, -0.1) is 0 Å². The van der Waals surface area contributed by atoms with E-state index in [1.165, 1.54) is 0 Å². The Morgan fingerprint density at radius 1 is 1.25 bits per heavy atom. The van der Waals surface area contributed by atoms with Gasteiger partial charge in [0.1, 0.15) is 0 Å². The predicted octanol–water partition coefficient (Wildman–Crippen LogP) is 3.42. The maximum atomic E-state index is 12.1. The fraction of sp³-hybridized carbons (Fsp3) is 0.300. The van der Waals surface area contributed by atoms with E-state index in [4.69, 9.17) is 28.3 Å². The van der Waals surface area contributed by atoms with Crippen LogP contribution in [0.3, 0.4) is 0 Å². The molecule has 0 fully saturated rings. The van der Waals surface area contributed by atoms with Crippen LogP contribution in [-0.2, 0) is 9.84 Å². The fourth-order valence-electron chi connectivity index (χ4n) is 1.31. The van der Waals surface area contributed by atoms with Crippen LogP contribution in [0.5, 0.6) is 0 Å². The van der Waals surface area contributed by atoms with Crippen LogP contribution < -0.4 is 0 Å². The standard InChI is InChI=1S/C10H7Cl2F3O4S/c11-5-3-6(9(16)17)8(12)7(4-5)20(18,19)2-1-10(13,14)15/h3-4H,1-2H2,(H,16,17). The molecule has 0 amide bonds. The van der Waals surface area contributed by atoms with Crippen LogP contribution in [0.2, 0.25) is 10.0 Å². The first-order valence-corrected chi connectivity index (χ1v) is 7.37. The zero-order valence-electron chi connectivity index (χ0n) is 9.54. The van der Waals surface area contributed by atoms with Crippen molar-refractivity contribution in [3.05, 3.63) is 27.7 Å². The van der Waals surface area contributed by atoms with Crippen molar-refractivity contribution >= 4 is 39.0 Å². The van der Waals surface area contributed by atoms with E-state index in [0.717, 1.165) is 12.1 Å². The van der Waals surface area contributed by atoms with Crippen LogP contribution in [0.1, 0.15) is 16.8 Å². The van der Waals surface area contributed by atoms with E-state index >= 15 is 0 Å². The molecule has 0 aliphatic heterocycles. The van der Waals surface area contributed by atoms with E-state index < -0.39 is 49.6 Å². The summed E-state index contributed by atoms with van der Waals surface area (Å²) in [6.45, 7) is 0. The molecule has 1 rings (SSSR count). The molecule has 0 aliphatic carbocycles. The third kappa shape index (κ3) is 4.26. The summed E-state index contributed by atoms with van der Waals surface area (Å²) >= 11 is 11.2. The van der Waals surface area contributed by atoms with Crippen molar-refractivity contribution in [1.82, 2.24) is 0 Å². The second kappa shape index (κ2) is 5.79. The van der Waals surface area contributed by atoms with Gasteiger partial charge in [-0.2, -0.15) is 13.2 Å². The molecule has 4 nitrogen and oxygen atoms in total. The average molecular weight is 351 g/mol. The number of alkyl halides is 3. The summed E-state index contributed by atoms with van der Waals surface area (Å²) in [7, 11) is -4.40. The Bertz CT molecular complexity index is 641. The molecule has 0 bridgehead atoms. The van der Waals surface area contributed by atoms with Gasteiger partial charge in [-0.3, -0.25) is 0 Å². The van der Waals surface area contributed by atoms with E-state index in [-0.39, 0.29) is 5.02 Å². The van der Waals surface area contributed by atoms with Gasteiger partial charge in [0.25, 0.3) is 0 Å². The summed E-state index contributed by atoms with van der Waals surface area (Å²) in [5.41, 5.74) is -0.593. The molecule has 0 radical (unpaired) electrons. The maximum absolute atomic E-state index is 12.1. The third-order valence-corrected chi connectivity index (χ3v) is 4.69. The summed E-state index contributed by atoms with van der Waals surface area (Å²) < 4.78 is 59.8. The molecule has 0 unspecified atom stereocenters. The normalized spacial score (nSPS) is 12.4. The topological polar surface area (TPSA) is 71.4 Å². The lowest BCUT2D eigenvalue weighted by atomic mass is 10.2. The van der Waals surface area contributed by atoms with Gasteiger partial charge in [0.15, 0.2) is 9.84 Å². The fourth-order valence-corrected chi connectivity index (χ4v) is 3.54. The zero-order valence-corrected chi connectivity index (χ0v) is 11.9. The van der Waals surface area contributed by atoms with Crippen LogP contribution in [0.4, 0.5) is 13.2 Å². The largest absolute Gasteiger partial charge is 0.478 e. The van der Waals surface area contributed by atoms with Gasteiger partial charge in [-0.1, -0.05) is 23.2 Å². The van der Waals surface area contributed by atoms with Gasteiger partial charge in [0.2, 0.25) is 0 Å². The molecule has 1 N–H and O–H groups in total. The number of hydrogen-bond donors (Lipinski definition) is 1. The van der Waals surface area contributed by atoms with Crippen molar-refractivity contribution < 1.29 is 31.5 Å². The Kier molecular flexibility index (Phi) is 4.94. The molecule has 112 valence electrons. The van der Waals surface area contributed by atoms with Crippen LogP contribution in [0, 0.1) is 0 Å². The number of aromatic carboxylic acids is 1. The van der Waals surface area contributed by atoms with Gasteiger partial charge in [0, 0.05) is 5.02 Å². The maximum Gasteiger partial charge on any atom is 0.390 e. The smallest absolute Gasteiger partial charge is 0.390 e. The molecular formula is C10H7Cl2F3O4S. The lowest BCUT2D eigenvalue weighted by Gasteiger charge is -2.10. The minimum absolute atomic E-state index is 0.252. The quantitative estimate of drug-likeness (QED) is 0.902. The molecule has 0 saturated carbocycles. The van der Waals surface area contributed by atoms with Crippen molar-refractivity contribution in [2.45, 2.75) is 17.5 Å². The van der Waals surface area contributed by atoms with Gasteiger partial charge < -0.3 is 5.11 Å². The molecule has 1 aromatic rings. The van der Waals surface area contributed by atoms with Gasteiger partial charge in [0.05, 0.1) is 27.7 Å². The summed E-state index contributed by atoms with van der Waals surface area (Å²) in [5.74, 6) is -2.78. The lowest BCUT2D eigenvalue weighted by molar-refractivity contribution is -0.129. The van der Waals surface area contributed by atoms with Crippen LogP contribution in [0.15, 0.2) is 17.0 Å². The Hall–Kier alpha value is -0.990. The van der Waals surface area contributed by atoms with E-state index in [0.29, 0.717) is 0 Å². The molecule has 10 heteroatoms. The highest BCUT2D eigenvalue weighted by molar-refractivity contribution is 7.91. The molecule has 0 saturated heterocycles. The molecule has 20 heavy (non-hydrogen) atoms. The highest BCUT2D eigenvalue weighted by Gasteiger charge is 2.32. The second-order valence-corrected chi connectivity index (χ2v) is 6.65. The van der Waals surface area contributed by atoms with Crippen molar-refractivity contribution in [3.63, 3.8) is 0 Å². The van der Waals surface area contributed by atoms with E-state index in [2.05, 4.69) is 0 Å². The zero-order chi connectivity index (χ0) is 15.7. The highest BCUT2D eigenvalue weighted by atomic mass is 35.5. The predicted molar refractivity (Wildman–Crippen MR) is 66.1 cm³/mol. The number of hydrogen-bond acceptors (Lipinski definition) is 3. The summed E-state index contributed by atoms with van der Waals surface area (Å²) in [6, 6.07) is 1.73. The molecule has 0 spiro atoms. The Labute approximate surface area is 122 Å². The van der Waals surface area contributed by atoms with Crippen LogP contribution >= 0.6 is 23.2 Å². The van der Waals surface area contributed by atoms with Crippen molar-refractivity contribution in [2.75, 3.05) is 5.75 Å². The van der Waals surface area contributed by atoms with E-state index in [9.17, 15) is 26.4 Å². The Morgan fingerprint density at radius 3 is 2.25 bits per heavy atom.